The number of nitrogen functional groups attached to an aromatic ring is 1. The number of carbonyl (C=O) groups is 3. The number of oxime groups is 1. The molecule has 2 aromatic heterocycles. The minimum atomic E-state index is -1.15. The normalized spacial score (nSPS) is 27.1. The molecule has 1 aliphatic carbocycles. The minimum Gasteiger partial charge on any atom is -0.481 e. The summed E-state index contributed by atoms with van der Waals surface area (Å²) in [6, 6.07) is -0.838. The molecule has 17 heteroatoms. The molecule has 196 valence electrons. The molecule has 5 rings (SSSR count). The van der Waals surface area contributed by atoms with Crippen molar-refractivity contribution in [3.8, 4) is 0 Å². The molecule has 0 bridgehead atoms. The maximum absolute atomic E-state index is 13.1. The first kappa shape index (κ1) is 25.9. The molecule has 37 heavy (non-hydrogen) atoms. The Balaban J connectivity index is 1.25. The summed E-state index contributed by atoms with van der Waals surface area (Å²) in [5.74, 6) is -1.48. The molecule has 2 saturated heterocycles. The summed E-state index contributed by atoms with van der Waals surface area (Å²) in [6.45, 7) is 1.87. The predicted octanol–water partition coefficient (Wildman–Crippen LogP) is 0.983. The van der Waals surface area contributed by atoms with Crippen LogP contribution in [-0.2, 0) is 19.2 Å². The van der Waals surface area contributed by atoms with E-state index in [9.17, 15) is 19.5 Å². The van der Waals surface area contributed by atoms with Gasteiger partial charge in [-0.1, -0.05) is 34.3 Å². The number of carboxylic acid groups (broad SMARTS) is 1. The van der Waals surface area contributed by atoms with Crippen LogP contribution in [0.2, 0.25) is 0 Å². The smallest absolute Gasteiger partial charge is 0.313 e. The number of fused-ring (bicyclic) bond motifs is 1. The second-order valence-corrected chi connectivity index (χ2v) is 12.9. The highest BCUT2D eigenvalue weighted by molar-refractivity contribution is 8.01. The number of aliphatic carboxylic acids is 1. The molecule has 2 aromatic rings. The fourth-order valence-electron chi connectivity index (χ4n) is 3.98. The van der Waals surface area contributed by atoms with Crippen LogP contribution in [0.15, 0.2) is 21.6 Å². The van der Waals surface area contributed by atoms with Crippen molar-refractivity contribution >= 4 is 75.0 Å². The number of hydrogen-bond donors (Lipinski definition) is 3. The molecule has 4 N–H and O–H groups in total. The van der Waals surface area contributed by atoms with E-state index < -0.39 is 28.7 Å². The van der Waals surface area contributed by atoms with Gasteiger partial charge in [-0.15, -0.1) is 22.0 Å². The van der Waals surface area contributed by atoms with Gasteiger partial charge in [-0.05, 0) is 25.8 Å². The van der Waals surface area contributed by atoms with E-state index in [0.717, 1.165) is 29.4 Å². The Labute approximate surface area is 227 Å². The molecule has 3 aliphatic rings. The lowest BCUT2D eigenvalue weighted by molar-refractivity contribution is -0.157. The van der Waals surface area contributed by atoms with Crippen molar-refractivity contribution in [1.82, 2.24) is 29.8 Å². The molecule has 4 atom stereocenters. The molecule has 2 fully saturated rings. The number of carbonyl (C=O) groups excluding carboxylic acids is 2. The lowest BCUT2D eigenvalue weighted by Gasteiger charge is -2.53. The molecule has 4 heterocycles. The second-order valence-electron chi connectivity index (χ2n) is 8.63. The van der Waals surface area contributed by atoms with Crippen molar-refractivity contribution in [2.75, 3.05) is 23.8 Å². The summed E-state index contributed by atoms with van der Waals surface area (Å²) < 4.78 is 4.74. The number of nitrogens with two attached hydrogens (primary N) is 1. The molecule has 0 saturated carbocycles. The van der Waals surface area contributed by atoms with E-state index >= 15 is 0 Å². The number of nitrogens with one attached hydrogen (secondary N) is 1. The van der Waals surface area contributed by atoms with Crippen LogP contribution in [0.3, 0.4) is 0 Å². The van der Waals surface area contributed by atoms with Crippen molar-refractivity contribution < 1.29 is 24.3 Å². The van der Waals surface area contributed by atoms with Gasteiger partial charge < -0.3 is 25.9 Å². The van der Waals surface area contributed by atoms with Crippen LogP contribution >= 0.6 is 46.4 Å². The molecular weight excluding hydrogens is 561 g/mol. The summed E-state index contributed by atoms with van der Waals surface area (Å²) in [5.41, 5.74) is 4.36. The first-order valence-electron chi connectivity index (χ1n) is 11.1. The maximum atomic E-state index is 13.1. The van der Waals surface area contributed by atoms with Gasteiger partial charge in [0.05, 0.1) is 0 Å². The molecule has 3 unspecified atom stereocenters. The number of anilines is 1. The molecule has 13 nitrogen and oxygen atoms in total. The zero-order chi connectivity index (χ0) is 26.2. The van der Waals surface area contributed by atoms with Gasteiger partial charge in [-0.2, -0.15) is 9.36 Å². The number of thioether (sulfide) groups is 2. The maximum Gasteiger partial charge on any atom is 0.313 e. The summed E-state index contributed by atoms with van der Waals surface area (Å²) in [5, 5.41) is 25.3. The Kier molecular flexibility index (Phi) is 7.37. The summed E-state index contributed by atoms with van der Waals surface area (Å²) in [4.78, 5) is 49.4. The highest BCUT2D eigenvalue weighted by Gasteiger charge is 2.57. The Morgan fingerprint density at radius 2 is 2.27 bits per heavy atom. The van der Waals surface area contributed by atoms with Gasteiger partial charge in [0.25, 0.3) is 5.91 Å². The molecule has 0 radical (unpaired) electrons. The first-order chi connectivity index (χ1) is 17.8. The summed E-state index contributed by atoms with van der Waals surface area (Å²) >= 11 is 4.95. The highest BCUT2D eigenvalue weighted by atomic mass is 32.2. The summed E-state index contributed by atoms with van der Waals surface area (Å²) in [7, 11) is 0. The number of aromatic nitrogens is 4. The average molecular weight is 583 g/mol. The van der Waals surface area contributed by atoms with E-state index in [4.69, 9.17) is 10.6 Å². The number of aryl methyl sites for hydroxylation is 1. The Morgan fingerprint density at radius 1 is 1.43 bits per heavy atom. The third-order valence-electron chi connectivity index (χ3n) is 5.98. The number of nitrogens with zero attached hydrogens (tertiary/aromatic N) is 6. The van der Waals surface area contributed by atoms with Gasteiger partial charge in [-0.25, -0.2) is 0 Å². The van der Waals surface area contributed by atoms with Crippen molar-refractivity contribution in [3.05, 3.63) is 23.0 Å². The third-order valence-corrected chi connectivity index (χ3v) is 10.4. The van der Waals surface area contributed by atoms with Gasteiger partial charge in [-0.3, -0.25) is 14.4 Å². The lowest BCUT2D eigenvalue weighted by Crippen LogP contribution is -2.74. The van der Waals surface area contributed by atoms with Crippen LogP contribution in [0, 0.1) is 12.3 Å². The van der Waals surface area contributed by atoms with E-state index in [1.165, 1.54) is 39.8 Å². The third kappa shape index (κ3) is 5.30. The Hall–Kier alpha value is -2.76. The Morgan fingerprint density at radius 3 is 2.92 bits per heavy atom. The average Bonchev–Trinajstić information content (AvgIpc) is 3.64. The quantitative estimate of drug-likeness (QED) is 0.125. The van der Waals surface area contributed by atoms with Crippen LogP contribution in [-0.4, -0.2) is 88.6 Å². The number of carboxylic acids is 1. The second kappa shape index (κ2) is 10.5. The standard InChI is InChI=1S/C20H22N8O5S4/c1-9-24-25-19(36-9)35-8-20(17(31)32)6-28-15(30)12(16(28)34-7-20)22-14(29)11(13-23-18(21)37-27-13)26-33-10-4-2-3-5-10/h2,4,10,12,16H,3,5-8H2,1H3,(H,22,29)(H,31,32)(H2,21,23,27)/t10?,12?,16-,20?/m1/s1. The van der Waals surface area contributed by atoms with E-state index in [1.54, 1.807) is 0 Å². The van der Waals surface area contributed by atoms with Crippen LogP contribution in [0.1, 0.15) is 23.7 Å². The fraction of sp³-hybridized carbons (Fsp3) is 0.500. The van der Waals surface area contributed by atoms with Crippen LogP contribution in [0.4, 0.5) is 5.13 Å². The monoisotopic (exact) mass is 582 g/mol. The predicted molar refractivity (Wildman–Crippen MR) is 139 cm³/mol. The van der Waals surface area contributed by atoms with E-state index in [1.807, 2.05) is 19.1 Å². The SMILES string of the molecule is Cc1nnc(SCC2(C(=O)O)CS[C@@H]3C(NC(=O)C(=NOC4C=CCC4)c4nsc(N)n4)C(=O)N3C2)s1. The van der Waals surface area contributed by atoms with Gasteiger partial charge in [0.2, 0.25) is 17.4 Å². The lowest BCUT2D eigenvalue weighted by atomic mass is 9.89. The van der Waals surface area contributed by atoms with Crippen molar-refractivity contribution in [3.63, 3.8) is 0 Å². The van der Waals surface area contributed by atoms with E-state index in [2.05, 4.69) is 30.0 Å². The zero-order valence-corrected chi connectivity index (χ0v) is 22.7. The van der Waals surface area contributed by atoms with Crippen LogP contribution in [0.5, 0.6) is 0 Å². The number of hydrogen-bond acceptors (Lipinski definition) is 14. The van der Waals surface area contributed by atoms with Crippen molar-refractivity contribution in [1.29, 1.82) is 0 Å². The van der Waals surface area contributed by atoms with Crippen LogP contribution < -0.4 is 11.1 Å². The van der Waals surface area contributed by atoms with Crippen molar-refractivity contribution in [2.45, 2.75) is 41.6 Å². The number of β-lactam (4-membered cyclic amide) rings is 1. The van der Waals surface area contributed by atoms with Gasteiger partial charge in [0, 0.05) is 29.6 Å². The van der Waals surface area contributed by atoms with E-state index in [-0.39, 0.29) is 46.7 Å². The molecule has 2 amide bonds. The van der Waals surface area contributed by atoms with Gasteiger partial charge >= 0.3 is 5.97 Å². The number of rotatable bonds is 9. The molecule has 0 aromatic carbocycles. The first-order valence-corrected chi connectivity index (χ1v) is 14.8. The Bertz CT molecular complexity index is 1280. The molecule has 0 spiro atoms. The molecular formula is C20H22N8O5S4. The minimum absolute atomic E-state index is 0.00994. The number of amides is 2. The highest BCUT2D eigenvalue weighted by Crippen LogP contribution is 2.44. The molecule has 2 aliphatic heterocycles. The van der Waals surface area contributed by atoms with Gasteiger partial charge in [0.1, 0.15) is 27.9 Å². The van der Waals surface area contributed by atoms with Crippen molar-refractivity contribution in [2.24, 2.45) is 10.6 Å². The number of allylic oxidation sites excluding steroid dienone is 1. The zero-order valence-electron chi connectivity index (χ0n) is 19.4. The summed E-state index contributed by atoms with van der Waals surface area (Å²) in [6.07, 6.45) is 5.14. The van der Waals surface area contributed by atoms with Crippen LogP contribution in [0.25, 0.3) is 0 Å². The van der Waals surface area contributed by atoms with E-state index in [0.29, 0.717) is 4.34 Å². The van der Waals surface area contributed by atoms with Gasteiger partial charge in [0.15, 0.2) is 9.47 Å². The largest absolute Gasteiger partial charge is 0.481 e. The topological polar surface area (TPSA) is 186 Å². The fourth-order valence-corrected chi connectivity index (χ4v) is 8.09.